The van der Waals surface area contributed by atoms with Gasteiger partial charge in [0.2, 0.25) is 0 Å². The van der Waals surface area contributed by atoms with Gasteiger partial charge in [-0.25, -0.2) is 9.37 Å². The van der Waals surface area contributed by atoms with Crippen molar-refractivity contribution in [2.24, 2.45) is 0 Å². The first kappa shape index (κ1) is 16.6. The van der Waals surface area contributed by atoms with E-state index in [1.165, 1.54) is 24.3 Å². The van der Waals surface area contributed by atoms with Gasteiger partial charge in [-0.3, -0.25) is 4.79 Å². The molecule has 1 aromatic heterocycles. The van der Waals surface area contributed by atoms with Crippen LogP contribution in [0.1, 0.15) is 47.0 Å². The van der Waals surface area contributed by atoms with Crippen LogP contribution in [-0.4, -0.2) is 16.0 Å². The van der Waals surface area contributed by atoms with Crippen LogP contribution in [-0.2, 0) is 11.3 Å². The molecular formula is C16H19FN2O2S. The molecule has 0 aliphatic carbocycles. The van der Waals surface area contributed by atoms with Crippen LogP contribution in [0.15, 0.2) is 24.3 Å². The average molecular weight is 322 g/mol. The Morgan fingerprint density at radius 3 is 2.55 bits per heavy atom. The molecule has 2 rings (SSSR count). The number of aromatic nitrogens is 1. The van der Waals surface area contributed by atoms with Gasteiger partial charge in [0.25, 0.3) is 5.91 Å². The maximum atomic E-state index is 12.8. The topological polar surface area (TPSA) is 62.2 Å². The van der Waals surface area contributed by atoms with Gasteiger partial charge in [-0.05, 0) is 24.6 Å². The van der Waals surface area contributed by atoms with Gasteiger partial charge in [-0.1, -0.05) is 26.0 Å². The zero-order valence-corrected chi connectivity index (χ0v) is 13.6. The smallest absolute Gasteiger partial charge is 0.253 e. The number of aliphatic hydroxyl groups excluding tert-OH is 1. The molecule has 1 aromatic carbocycles. The van der Waals surface area contributed by atoms with E-state index in [1.54, 1.807) is 11.3 Å². The number of rotatable bonds is 5. The summed E-state index contributed by atoms with van der Waals surface area (Å²) in [5.74, 6) is -0.568. The highest BCUT2D eigenvalue weighted by Gasteiger charge is 2.18. The van der Waals surface area contributed by atoms with E-state index in [2.05, 4.69) is 24.1 Å². The lowest BCUT2D eigenvalue weighted by atomic mass is 10.1. The van der Waals surface area contributed by atoms with E-state index in [0.717, 1.165) is 15.6 Å². The molecule has 2 aromatic rings. The number of benzene rings is 1. The minimum Gasteiger partial charge on any atom is -0.378 e. The van der Waals surface area contributed by atoms with Crippen molar-refractivity contribution in [1.29, 1.82) is 0 Å². The average Bonchev–Trinajstić information content (AvgIpc) is 2.86. The highest BCUT2D eigenvalue weighted by molar-refractivity contribution is 7.11. The monoisotopic (exact) mass is 322 g/mol. The van der Waals surface area contributed by atoms with E-state index in [9.17, 15) is 14.3 Å². The molecule has 0 saturated heterocycles. The molecule has 1 heterocycles. The highest BCUT2D eigenvalue weighted by atomic mass is 32.1. The summed E-state index contributed by atoms with van der Waals surface area (Å²) in [5, 5.41) is 13.7. The van der Waals surface area contributed by atoms with E-state index in [-0.39, 0.29) is 0 Å². The van der Waals surface area contributed by atoms with E-state index >= 15 is 0 Å². The second-order valence-corrected chi connectivity index (χ2v) is 6.50. The number of carbonyl (C=O) groups excluding carboxylic acids is 1. The number of nitrogens with zero attached hydrogens (tertiary/aromatic N) is 1. The van der Waals surface area contributed by atoms with Crippen molar-refractivity contribution in [3.63, 3.8) is 0 Å². The Morgan fingerprint density at radius 2 is 2.00 bits per heavy atom. The molecular weight excluding hydrogens is 303 g/mol. The fourth-order valence-corrected chi connectivity index (χ4v) is 2.93. The van der Waals surface area contributed by atoms with E-state index < -0.39 is 17.8 Å². The van der Waals surface area contributed by atoms with Crippen molar-refractivity contribution in [3.8, 4) is 0 Å². The first-order chi connectivity index (χ1) is 10.4. The number of amides is 1. The van der Waals surface area contributed by atoms with Crippen molar-refractivity contribution < 1.29 is 14.3 Å². The SMILES string of the molecule is Cc1nc(C(C)C)sc1CNC(=O)[C@@H](O)c1ccc(F)cc1. The lowest BCUT2D eigenvalue weighted by Crippen LogP contribution is -2.28. The minimum atomic E-state index is -1.31. The lowest BCUT2D eigenvalue weighted by molar-refractivity contribution is -0.129. The van der Waals surface area contributed by atoms with Gasteiger partial charge in [-0.2, -0.15) is 0 Å². The Balaban J connectivity index is 1.99. The molecule has 1 atom stereocenters. The molecule has 0 saturated carbocycles. The molecule has 0 radical (unpaired) electrons. The zero-order chi connectivity index (χ0) is 16.3. The third-order valence-corrected chi connectivity index (χ3v) is 4.72. The number of carbonyl (C=O) groups is 1. The molecule has 0 bridgehead atoms. The van der Waals surface area contributed by atoms with E-state index in [0.29, 0.717) is 18.0 Å². The predicted molar refractivity (Wildman–Crippen MR) is 84.1 cm³/mol. The standard InChI is InChI=1S/C16H19FN2O2S/c1-9(2)16-19-10(3)13(22-16)8-18-15(21)14(20)11-4-6-12(17)7-5-11/h4-7,9,14,20H,8H2,1-3H3,(H,18,21)/t14-/m0/s1. The number of thiazole rings is 1. The Labute approximate surface area is 133 Å². The molecule has 0 unspecified atom stereocenters. The summed E-state index contributed by atoms with van der Waals surface area (Å²) in [6, 6.07) is 5.23. The number of hydrogen-bond donors (Lipinski definition) is 2. The molecule has 4 nitrogen and oxygen atoms in total. The quantitative estimate of drug-likeness (QED) is 0.889. The minimum absolute atomic E-state index is 0.327. The van der Waals surface area contributed by atoms with Crippen LogP contribution in [0.3, 0.4) is 0 Å². The van der Waals surface area contributed by atoms with Crippen LogP contribution in [0.4, 0.5) is 4.39 Å². The molecule has 22 heavy (non-hydrogen) atoms. The van der Waals surface area contributed by atoms with Gasteiger partial charge in [0, 0.05) is 10.8 Å². The van der Waals surface area contributed by atoms with Crippen LogP contribution < -0.4 is 5.32 Å². The second-order valence-electron chi connectivity index (χ2n) is 5.39. The third-order valence-electron chi connectivity index (χ3n) is 3.26. The fraction of sp³-hybridized carbons (Fsp3) is 0.375. The summed E-state index contributed by atoms with van der Waals surface area (Å²) in [6.07, 6.45) is -1.31. The first-order valence-electron chi connectivity index (χ1n) is 7.06. The number of aryl methyl sites for hydroxylation is 1. The summed E-state index contributed by atoms with van der Waals surface area (Å²) in [7, 11) is 0. The summed E-state index contributed by atoms with van der Waals surface area (Å²) in [4.78, 5) is 17.4. The van der Waals surface area contributed by atoms with Crippen molar-refractivity contribution in [2.45, 2.75) is 39.3 Å². The van der Waals surface area contributed by atoms with E-state index in [4.69, 9.17) is 0 Å². The molecule has 0 fully saturated rings. The van der Waals surface area contributed by atoms with Crippen molar-refractivity contribution >= 4 is 17.2 Å². The third kappa shape index (κ3) is 3.90. The second kappa shape index (κ2) is 6.98. The van der Waals surface area contributed by atoms with Crippen molar-refractivity contribution in [2.75, 3.05) is 0 Å². The fourth-order valence-electron chi connectivity index (χ4n) is 1.92. The normalized spacial score (nSPS) is 12.5. The summed E-state index contributed by atoms with van der Waals surface area (Å²) in [6.45, 7) is 6.37. The van der Waals surface area contributed by atoms with Crippen LogP contribution in [0.25, 0.3) is 0 Å². The van der Waals surface area contributed by atoms with Gasteiger partial charge in [-0.15, -0.1) is 11.3 Å². The Bertz CT molecular complexity index is 653. The van der Waals surface area contributed by atoms with Gasteiger partial charge in [0.15, 0.2) is 6.10 Å². The number of hydrogen-bond acceptors (Lipinski definition) is 4. The largest absolute Gasteiger partial charge is 0.378 e. The van der Waals surface area contributed by atoms with E-state index in [1.807, 2.05) is 6.92 Å². The Morgan fingerprint density at radius 1 is 1.36 bits per heavy atom. The van der Waals surface area contributed by atoms with Gasteiger partial charge >= 0.3 is 0 Å². The highest BCUT2D eigenvalue weighted by Crippen LogP contribution is 2.24. The first-order valence-corrected chi connectivity index (χ1v) is 7.87. The van der Waals surface area contributed by atoms with Gasteiger partial charge < -0.3 is 10.4 Å². The lowest BCUT2D eigenvalue weighted by Gasteiger charge is -2.11. The summed E-state index contributed by atoms with van der Waals surface area (Å²) >= 11 is 1.56. The number of nitrogens with one attached hydrogen (secondary N) is 1. The number of halogens is 1. The maximum Gasteiger partial charge on any atom is 0.253 e. The molecule has 0 aliphatic rings. The van der Waals surface area contributed by atoms with Crippen LogP contribution in [0.2, 0.25) is 0 Å². The van der Waals surface area contributed by atoms with Gasteiger partial charge in [0.05, 0.1) is 17.2 Å². The van der Waals surface area contributed by atoms with Crippen molar-refractivity contribution in [3.05, 3.63) is 51.2 Å². The Kier molecular flexibility index (Phi) is 5.26. The van der Waals surface area contributed by atoms with Crippen LogP contribution in [0.5, 0.6) is 0 Å². The van der Waals surface area contributed by atoms with Crippen molar-refractivity contribution in [1.82, 2.24) is 10.3 Å². The zero-order valence-electron chi connectivity index (χ0n) is 12.8. The molecule has 6 heteroatoms. The molecule has 2 N–H and O–H groups in total. The van der Waals surface area contributed by atoms with Gasteiger partial charge in [0.1, 0.15) is 5.82 Å². The molecule has 0 spiro atoms. The van der Waals surface area contributed by atoms with Crippen LogP contribution >= 0.6 is 11.3 Å². The number of aliphatic hydroxyl groups is 1. The Hall–Kier alpha value is -1.79. The summed E-state index contributed by atoms with van der Waals surface area (Å²) in [5.41, 5.74) is 1.26. The summed E-state index contributed by atoms with van der Waals surface area (Å²) < 4.78 is 12.8. The molecule has 118 valence electrons. The molecule has 1 amide bonds. The predicted octanol–water partition coefficient (Wildman–Crippen LogP) is 3.06. The maximum absolute atomic E-state index is 12.8. The molecule has 0 aliphatic heterocycles. The van der Waals surface area contributed by atoms with Crippen LogP contribution in [0, 0.1) is 12.7 Å².